The number of aliphatic hydroxyl groups is 2. The van der Waals surface area contributed by atoms with Gasteiger partial charge in [-0.1, -0.05) is 65.9 Å². The number of hydrogen-bond acceptors (Lipinski definition) is 11. The molecule has 266 valence electrons. The van der Waals surface area contributed by atoms with Crippen molar-refractivity contribution >= 4 is 23.3 Å². The fourth-order valence-corrected chi connectivity index (χ4v) is 5.62. The van der Waals surface area contributed by atoms with E-state index in [2.05, 4.69) is 35.9 Å². The van der Waals surface area contributed by atoms with Gasteiger partial charge in [0, 0.05) is 22.5 Å². The van der Waals surface area contributed by atoms with E-state index in [0.29, 0.717) is 45.7 Å². The number of nitrogens with zero attached hydrogens (tertiary/aromatic N) is 7. The topological polar surface area (TPSA) is 160 Å². The van der Waals surface area contributed by atoms with E-state index in [1.807, 2.05) is 72.8 Å². The summed E-state index contributed by atoms with van der Waals surface area (Å²) in [5.74, 6) is 0.516. The zero-order chi connectivity index (χ0) is 37.0. The summed E-state index contributed by atoms with van der Waals surface area (Å²) in [4.78, 5) is 18.5. The van der Waals surface area contributed by atoms with E-state index in [9.17, 15) is 19.0 Å². The van der Waals surface area contributed by atoms with Crippen LogP contribution < -0.4 is 10.6 Å². The van der Waals surface area contributed by atoms with E-state index in [4.69, 9.17) is 9.40 Å². The average Bonchev–Trinajstić information content (AvgIpc) is 3.89. The number of hydrogen-bond donors (Lipinski definition) is 4. The van der Waals surface area contributed by atoms with Crippen molar-refractivity contribution in [2.24, 2.45) is 0 Å². The minimum atomic E-state index is -0.391. The Labute approximate surface area is 306 Å². The van der Waals surface area contributed by atoms with Crippen LogP contribution in [0.25, 0.3) is 51.2 Å². The maximum Gasteiger partial charge on any atom is 0.232 e. The molecule has 8 aromatic rings. The third-order valence-electron chi connectivity index (χ3n) is 8.38. The second kappa shape index (κ2) is 14.8. The van der Waals surface area contributed by atoms with Crippen LogP contribution in [0.3, 0.4) is 0 Å². The normalized spacial score (nSPS) is 11.1. The van der Waals surface area contributed by atoms with Gasteiger partial charge in [0.25, 0.3) is 0 Å². The number of halogens is 2. The van der Waals surface area contributed by atoms with Crippen LogP contribution in [0, 0.1) is 11.6 Å². The van der Waals surface area contributed by atoms with Crippen molar-refractivity contribution < 1.29 is 23.4 Å². The highest BCUT2D eigenvalue weighted by Gasteiger charge is 2.22. The van der Waals surface area contributed by atoms with Crippen LogP contribution in [0.2, 0.25) is 0 Å². The lowest BCUT2D eigenvalue weighted by Crippen LogP contribution is -2.05. The number of para-hydroxylation sites is 1. The SMILES string of the molecule is OCc1ccc(-c2nc(-c3ccccc3-n3cc(-c4nc(Nc5ccc(F)cc5)nc(Nc5ccc(F)cc5)n4)nn3)oc2-c2ccc(CO)cc2)cc1. The van der Waals surface area contributed by atoms with Crippen LogP contribution in [-0.4, -0.2) is 45.1 Å². The van der Waals surface area contributed by atoms with Crippen molar-refractivity contribution in [2.45, 2.75) is 13.2 Å². The summed E-state index contributed by atoms with van der Waals surface area (Å²) >= 11 is 0. The number of rotatable bonds is 11. The predicted octanol–water partition coefficient (Wildman–Crippen LogP) is 7.86. The molecule has 0 amide bonds. The molecule has 54 heavy (non-hydrogen) atoms. The highest BCUT2D eigenvalue weighted by molar-refractivity contribution is 5.80. The molecule has 0 aliphatic carbocycles. The molecule has 0 aliphatic heterocycles. The van der Waals surface area contributed by atoms with Gasteiger partial charge in [0.1, 0.15) is 17.3 Å². The first-order valence-corrected chi connectivity index (χ1v) is 16.7. The zero-order valence-corrected chi connectivity index (χ0v) is 28.2. The summed E-state index contributed by atoms with van der Waals surface area (Å²) < 4.78 is 35.3. The van der Waals surface area contributed by atoms with Crippen molar-refractivity contribution in [3.8, 4) is 51.2 Å². The van der Waals surface area contributed by atoms with Gasteiger partial charge in [-0.2, -0.15) is 15.0 Å². The third kappa shape index (κ3) is 7.27. The first-order valence-electron chi connectivity index (χ1n) is 16.7. The lowest BCUT2D eigenvalue weighted by atomic mass is 10.0. The number of benzene rings is 5. The average molecular weight is 722 g/mol. The van der Waals surface area contributed by atoms with Crippen LogP contribution in [-0.2, 0) is 13.2 Å². The van der Waals surface area contributed by atoms with Gasteiger partial charge in [-0.3, -0.25) is 0 Å². The van der Waals surface area contributed by atoms with E-state index in [0.717, 1.165) is 22.3 Å². The molecule has 14 heteroatoms. The highest BCUT2D eigenvalue weighted by atomic mass is 19.1. The first kappa shape index (κ1) is 34.0. The zero-order valence-electron chi connectivity index (χ0n) is 28.2. The Kier molecular flexibility index (Phi) is 9.32. The molecule has 0 atom stereocenters. The Morgan fingerprint density at radius 2 is 1.17 bits per heavy atom. The monoisotopic (exact) mass is 721 g/mol. The Morgan fingerprint density at radius 3 is 1.74 bits per heavy atom. The van der Waals surface area contributed by atoms with Gasteiger partial charge in [0.05, 0.1) is 30.7 Å². The summed E-state index contributed by atoms with van der Waals surface area (Å²) in [6, 6.07) is 33.6. The van der Waals surface area contributed by atoms with Gasteiger partial charge < -0.3 is 25.3 Å². The molecule has 0 spiro atoms. The van der Waals surface area contributed by atoms with Crippen molar-refractivity contribution in [3.05, 3.63) is 150 Å². The van der Waals surface area contributed by atoms with Crippen LogP contribution >= 0.6 is 0 Å². The Morgan fingerprint density at radius 1 is 0.611 bits per heavy atom. The maximum absolute atomic E-state index is 13.6. The molecule has 0 radical (unpaired) electrons. The van der Waals surface area contributed by atoms with Gasteiger partial charge in [-0.25, -0.2) is 18.4 Å². The molecule has 0 bridgehead atoms. The third-order valence-corrected chi connectivity index (χ3v) is 8.38. The van der Waals surface area contributed by atoms with E-state index in [1.165, 1.54) is 24.3 Å². The van der Waals surface area contributed by atoms with Gasteiger partial charge in [0.15, 0.2) is 17.3 Å². The molecule has 8 rings (SSSR count). The van der Waals surface area contributed by atoms with Gasteiger partial charge in [0.2, 0.25) is 17.8 Å². The fourth-order valence-electron chi connectivity index (χ4n) is 5.62. The first-order chi connectivity index (χ1) is 26.4. The summed E-state index contributed by atoms with van der Waals surface area (Å²) in [6.45, 7) is -0.177. The summed E-state index contributed by atoms with van der Waals surface area (Å²) in [7, 11) is 0. The van der Waals surface area contributed by atoms with Crippen LogP contribution in [0.4, 0.5) is 32.1 Å². The molecule has 0 saturated heterocycles. The number of aromatic nitrogens is 7. The van der Waals surface area contributed by atoms with Crippen molar-refractivity contribution in [1.82, 2.24) is 34.9 Å². The molecule has 12 nitrogen and oxygen atoms in total. The number of oxazole rings is 1. The summed E-state index contributed by atoms with van der Waals surface area (Å²) in [5, 5.41) is 34.1. The van der Waals surface area contributed by atoms with Gasteiger partial charge >= 0.3 is 0 Å². The molecule has 4 N–H and O–H groups in total. The molecular formula is C40H29F2N9O3. The number of aliphatic hydroxyl groups excluding tert-OH is 2. The van der Waals surface area contributed by atoms with E-state index >= 15 is 0 Å². The largest absolute Gasteiger partial charge is 0.435 e. The molecule has 3 heterocycles. The summed E-state index contributed by atoms with van der Waals surface area (Å²) in [5.41, 5.74) is 6.26. The van der Waals surface area contributed by atoms with Crippen molar-refractivity contribution in [1.29, 1.82) is 0 Å². The lowest BCUT2D eigenvalue weighted by molar-refractivity contribution is 0.281. The van der Waals surface area contributed by atoms with Gasteiger partial charge in [-0.05, 0) is 71.8 Å². The lowest BCUT2D eigenvalue weighted by Gasteiger charge is -2.10. The molecule has 0 aliphatic rings. The molecule has 0 unspecified atom stereocenters. The molecule has 0 fully saturated rings. The van der Waals surface area contributed by atoms with Crippen LogP contribution in [0.5, 0.6) is 0 Å². The number of anilines is 4. The quantitative estimate of drug-likeness (QED) is 0.103. The summed E-state index contributed by atoms with van der Waals surface area (Å²) in [6.07, 6.45) is 1.66. The van der Waals surface area contributed by atoms with E-state index < -0.39 is 11.6 Å². The molecular weight excluding hydrogens is 692 g/mol. The predicted molar refractivity (Wildman–Crippen MR) is 198 cm³/mol. The maximum atomic E-state index is 13.6. The second-order valence-corrected chi connectivity index (χ2v) is 12.0. The Balaban J connectivity index is 1.17. The molecule has 3 aromatic heterocycles. The Bertz CT molecular complexity index is 2410. The number of nitrogens with one attached hydrogen (secondary N) is 2. The minimum Gasteiger partial charge on any atom is -0.435 e. The van der Waals surface area contributed by atoms with E-state index in [1.54, 1.807) is 35.1 Å². The van der Waals surface area contributed by atoms with Crippen molar-refractivity contribution in [3.63, 3.8) is 0 Å². The molecule has 0 saturated carbocycles. The fraction of sp³-hybridized carbons (Fsp3) is 0.0500. The van der Waals surface area contributed by atoms with Gasteiger partial charge in [-0.15, -0.1) is 5.10 Å². The van der Waals surface area contributed by atoms with Crippen molar-refractivity contribution in [2.75, 3.05) is 10.6 Å². The highest BCUT2D eigenvalue weighted by Crippen LogP contribution is 2.38. The van der Waals surface area contributed by atoms with Crippen LogP contribution in [0.1, 0.15) is 11.1 Å². The van der Waals surface area contributed by atoms with Crippen LogP contribution in [0.15, 0.2) is 132 Å². The Hall–Kier alpha value is -7.16. The molecule has 5 aromatic carbocycles. The minimum absolute atomic E-state index is 0.0875. The second-order valence-electron chi connectivity index (χ2n) is 12.0. The van der Waals surface area contributed by atoms with E-state index in [-0.39, 0.29) is 30.9 Å². The smallest absolute Gasteiger partial charge is 0.232 e. The standard InChI is InChI=1S/C40H29F2N9O3/c41-28-13-17-30(18-14-28)43-39-46-37(47-40(48-39)44-31-19-15-29(42)16-20-31)33-21-51(50-49-33)34-4-2-1-3-32(34)38-45-35(26-9-5-24(22-52)6-10-26)36(54-38)27-11-7-25(23-53)8-12-27/h1-21,52-53H,22-23H2,(H2,43,44,46,47,48).